The molecule has 45 heavy (non-hydrogen) atoms. The van der Waals surface area contributed by atoms with Crippen LogP contribution >= 0.6 is 23.4 Å². The van der Waals surface area contributed by atoms with E-state index in [-0.39, 0.29) is 30.0 Å². The van der Waals surface area contributed by atoms with E-state index in [2.05, 4.69) is 25.6 Å². The second-order valence-electron chi connectivity index (χ2n) is 10.1. The number of rotatable bonds is 12. The number of nitrogens with one attached hydrogen (secondary N) is 2. The molecule has 1 heterocycles. The van der Waals surface area contributed by atoms with Crippen molar-refractivity contribution >= 4 is 52.8 Å². The highest BCUT2D eigenvalue weighted by molar-refractivity contribution is 7.98. The number of piperazine rings is 1. The van der Waals surface area contributed by atoms with Gasteiger partial charge >= 0.3 is 6.18 Å². The number of β-amino-alcohol motifs (C(OH)–C–C–N with tert-alkyl or cyclic N) is 1. The van der Waals surface area contributed by atoms with Crippen molar-refractivity contribution in [1.82, 2.24) is 10.3 Å². The van der Waals surface area contributed by atoms with Crippen LogP contribution in [-0.4, -0.2) is 84.8 Å². The first-order valence-corrected chi connectivity index (χ1v) is 15.6. The van der Waals surface area contributed by atoms with Crippen molar-refractivity contribution in [3.8, 4) is 0 Å². The summed E-state index contributed by atoms with van der Waals surface area (Å²) in [6.45, 7) is 3.45. The third kappa shape index (κ3) is 9.68. The summed E-state index contributed by atoms with van der Waals surface area (Å²) in [5, 5.41) is 24.5. The Labute approximate surface area is 268 Å². The largest absolute Gasteiger partial charge is 0.417 e. The summed E-state index contributed by atoms with van der Waals surface area (Å²) in [5.74, 6) is 0.0715. The van der Waals surface area contributed by atoms with Gasteiger partial charge in [-0.2, -0.15) is 30.0 Å². The van der Waals surface area contributed by atoms with Gasteiger partial charge in [-0.25, -0.2) is 5.43 Å². The van der Waals surface area contributed by atoms with Crippen LogP contribution in [0.4, 0.5) is 24.5 Å². The van der Waals surface area contributed by atoms with Gasteiger partial charge in [0.15, 0.2) is 0 Å². The summed E-state index contributed by atoms with van der Waals surface area (Å²) in [4.78, 5) is 30.8. The van der Waals surface area contributed by atoms with Crippen LogP contribution in [0, 0.1) is 0 Å². The van der Waals surface area contributed by atoms with E-state index in [1.54, 1.807) is 36.4 Å². The van der Waals surface area contributed by atoms with Crippen LogP contribution in [0.15, 0.2) is 65.8 Å². The number of carbonyl (C=O) groups is 2. The highest BCUT2D eigenvalue weighted by Gasteiger charge is 2.33. The lowest BCUT2D eigenvalue weighted by molar-refractivity contribution is -0.137. The highest BCUT2D eigenvalue weighted by atomic mass is 35.5. The van der Waals surface area contributed by atoms with E-state index < -0.39 is 28.6 Å². The molecule has 0 aliphatic carbocycles. The van der Waals surface area contributed by atoms with Crippen molar-refractivity contribution in [2.45, 2.75) is 11.9 Å². The van der Waals surface area contributed by atoms with Gasteiger partial charge in [0.2, 0.25) is 0 Å². The molecule has 240 valence electrons. The van der Waals surface area contributed by atoms with Crippen molar-refractivity contribution < 1.29 is 33.0 Å². The molecule has 3 aromatic rings. The lowest BCUT2D eigenvalue weighted by atomic mass is 10.1. The summed E-state index contributed by atoms with van der Waals surface area (Å²) < 4.78 is 39.8. The Morgan fingerprint density at radius 3 is 2.47 bits per heavy atom. The number of benzene rings is 3. The van der Waals surface area contributed by atoms with Crippen LogP contribution in [0.2, 0.25) is 5.02 Å². The molecule has 2 amide bonds. The van der Waals surface area contributed by atoms with Crippen LogP contribution in [-0.2, 0) is 11.9 Å². The van der Waals surface area contributed by atoms with Gasteiger partial charge in [-0.15, -0.1) is 0 Å². The van der Waals surface area contributed by atoms with E-state index in [1.165, 1.54) is 17.8 Å². The molecule has 1 aliphatic heterocycles. The van der Waals surface area contributed by atoms with Crippen molar-refractivity contribution in [2.75, 3.05) is 61.9 Å². The van der Waals surface area contributed by atoms with Gasteiger partial charge < -0.3 is 20.4 Å². The number of alkyl halides is 3. The molecular weight excluding hydrogens is 631 g/mol. The molecule has 0 bridgehead atoms. The lowest BCUT2D eigenvalue weighted by Gasteiger charge is -2.36. The number of halogens is 4. The van der Waals surface area contributed by atoms with Crippen LogP contribution < -0.4 is 15.6 Å². The number of hydrogen-bond donors (Lipinski definition) is 4. The Balaban J connectivity index is 1.56. The van der Waals surface area contributed by atoms with Crippen molar-refractivity contribution in [1.29, 1.82) is 0 Å². The fourth-order valence-electron chi connectivity index (χ4n) is 4.71. The zero-order valence-electron chi connectivity index (χ0n) is 24.2. The van der Waals surface area contributed by atoms with Gasteiger partial charge in [0.1, 0.15) is 0 Å². The summed E-state index contributed by atoms with van der Waals surface area (Å²) in [5.41, 5.74) is 3.76. The molecule has 0 aromatic heterocycles. The van der Waals surface area contributed by atoms with Crippen LogP contribution in [0.3, 0.4) is 0 Å². The fraction of sp³-hybridized carbons (Fsp3) is 0.323. The van der Waals surface area contributed by atoms with E-state index >= 15 is 0 Å². The standard InChI is InChI=1S/C31H33ClF3N5O4S/c32-27-6-4-21(17-26(27)31(33,34)35)19-36-38-30(44)25-18-24(40-10-8-39(9-11-40)12-13-41)5-7-28(25)37-29(43)23-3-1-2-22(16-23)20-45-15-14-42/h1-7,16-19,41-42H,8-15,20H2,(H,37,43)(H,38,44)/b36-19+. The molecule has 1 aliphatic rings. The Hall–Kier alpha value is -3.62. The number of carbonyl (C=O) groups excluding carboxylic acids is 2. The van der Waals surface area contributed by atoms with Gasteiger partial charge in [0, 0.05) is 55.5 Å². The third-order valence-electron chi connectivity index (χ3n) is 7.02. The van der Waals surface area contributed by atoms with Crippen LogP contribution in [0.1, 0.15) is 37.4 Å². The molecular formula is C31H33ClF3N5O4S. The van der Waals surface area contributed by atoms with Gasteiger partial charge in [-0.05, 0) is 53.6 Å². The zero-order valence-corrected chi connectivity index (χ0v) is 25.8. The van der Waals surface area contributed by atoms with E-state index in [0.717, 1.165) is 42.7 Å². The first-order valence-electron chi connectivity index (χ1n) is 14.1. The van der Waals surface area contributed by atoms with Crippen LogP contribution in [0.25, 0.3) is 0 Å². The summed E-state index contributed by atoms with van der Waals surface area (Å²) in [6, 6.07) is 15.4. The average Bonchev–Trinajstić information content (AvgIpc) is 3.02. The molecule has 1 fully saturated rings. The predicted molar refractivity (Wildman–Crippen MR) is 171 cm³/mol. The second-order valence-corrected chi connectivity index (χ2v) is 11.7. The topological polar surface area (TPSA) is 118 Å². The van der Waals surface area contributed by atoms with E-state index in [0.29, 0.717) is 36.7 Å². The lowest BCUT2D eigenvalue weighted by Crippen LogP contribution is -2.47. The summed E-state index contributed by atoms with van der Waals surface area (Å²) >= 11 is 7.22. The number of hydrogen-bond acceptors (Lipinski definition) is 8. The number of thioether (sulfide) groups is 1. The molecule has 0 saturated carbocycles. The molecule has 9 nitrogen and oxygen atoms in total. The molecule has 0 unspecified atom stereocenters. The SMILES string of the molecule is O=C(Nc1ccc(N2CCN(CCO)CC2)cc1C(=O)N/N=C/c1ccc(Cl)c(C(F)(F)F)c1)c1cccc(CSCCO)c1. The minimum atomic E-state index is -4.65. The molecule has 0 spiro atoms. The molecule has 14 heteroatoms. The minimum absolute atomic E-state index is 0.0579. The Morgan fingerprint density at radius 1 is 0.978 bits per heavy atom. The predicted octanol–water partition coefficient (Wildman–Crippen LogP) is 4.71. The molecule has 3 aromatic carbocycles. The maximum Gasteiger partial charge on any atom is 0.417 e. The van der Waals surface area contributed by atoms with Gasteiger partial charge in [-0.1, -0.05) is 29.8 Å². The van der Waals surface area contributed by atoms with E-state index in [4.69, 9.17) is 16.7 Å². The van der Waals surface area contributed by atoms with Crippen molar-refractivity contribution in [2.24, 2.45) is 5.10 Å². The highest BCUT2D eigenvalue weighted by Crippen LogP contribution is 2.35. The summed E-state index contributed by atoms with van der Waals surface area (Å²) in [6.07, 6.45) is -3.58. The molecule has 4 rings (SSSR count). The molecule has 4 N–H and O–H groups in total. The number of amides is 2. The Bertz CT molecular complexity index is 1520. The number of aliphatic hydroxyl groups excluding tert-OH is 2. The minimum Gasteiger partial charge on any atom is -0.396 e. The molecule has 1 saturated heterocycles. The van der Waals surface area contributed by atoms with Crippen molar-refractivity contribution in [3.05, 3.63) is 93.5 Å². The molecule has 0 atom stereocenters. The smallest absolute Gasteiger partial charge is 0.396 e. The first kappa shape index (κ1) is 34.3. The fourth-order valence-corrected chi connectivity index (χ4v) is 5.63. The Morgan fingerprint density at radius 2 is 1.76 bits per heavy atom. The van der Waals surface area contributed by atoms with Crippen molar-refractivity contribution in [3.63, 3.8) is 0 Å². The second kappa shape index (κ2) is 16.1. The maximum atomic E-state index is 13.4. The number of hydrazone groups is 1. The number of anilines is 2. The molecule has 0 radical (unpaired) electrons. The maximum absolute atomic E-state index is 13.4. The number of aliphatic hydroxyl groups is 2. The Kier molecular flexibility index (Phi) is 12.3. The zero-order chi connectivity index (χ0) is 32.4. The average molecular weight is 664 g/mol. The van der Waals surface area contributed by atoms with Crippen LogP contribution in [0.5, 0.6) is 0 Å². The first-order chi connectivity index (χ1) is 21.6. The monoisotopic (exact) mass is 663 g/mol. The van der Waals surface area contributed by atoms with E-state index in [9.17, 15) is 27.9 Å². The van der Waals surface area contributed by atoms with E-state index in [1.807, 2.05) is 6.07 Å². The quantitative estimate of drug-likeness (QED) is 0.126. The number of nitrogens with zero attached hydrogens (tertiary/aromatic N) is 3. The van der Waals surface area contributed by atoms with Gasteiger partial charge in [0.05, 0.1) is 41.3 Å². The third-order valence-corrected chi connectivity index (χ3v) is 8.36. The normalized spacial score (nSPS) is 14.1. The summed E-state index contributed by atoms with van der Waals surface area (Å²) in [7, 11) is 0. The van der Waals surface area contributed by atoms with Gasteiger partial charge in [-0.3, -0.25) is 14.5 Å². The van der Waals surface area contributed by atoms with Gasteiger partial charge in [0.25, 0.3) is 11.8 Å².